The lowest BCUT2D eigenvalue weighted by Gasteiger charge is -2.55. The Morgan fingerprint density at radius 2 is 1.75 bits per heavy atom. The fourth-order valence-electron chi connectivity index (χ4n) is 14.3. The summed E-state index contributed by atoms with van der Waals surface area (Å²) >= 11 is 0. The number of cyclic esters (lactones) is 1. The van der Waals surface area contributed by atoms with Gasteiger partial charge in [0.15, 0.2) is 0 Å². The number of oxazole rings is 1. The number of nitrogens with one attached hydrogen (secondary N) is 3. The number of aromatic nitrogens is 3. The van der Waals surface area contributed by atoms with Gasteiger partial charge in [0.2, 0.25) is 17.7 Å². The Labute approximate surface area is 463 Å². The molecule has 79 heavy (non-hydrogen) atoms. The Morgan fingerprint density at radius 3 is 2.49 bits per heavy atom. The normalized spacial score (nSPS) is 27.6. The topological polar surface area (TPSA) is 202 Å². The fraction of sp³-hybridized carbons (Fsp3) is 0.667. The highest BCUT2D eigenvalue weighted by molar-refractivity contribution is 5.95. The molecule has 1 aromatic carbocycles. The molecule has 6 bridgehead atoms. The van der Waals surface area contributed by atoms with Crippen LogP contribution in [-0.2, 0) is 52.8 Å². The number of ether oxygens (including phenoxy) is 3. The van der Waals surface area contributed by atoms with Crippen LogP contribution in [-0.4, -0.2) is 179 Å². The summed E-state index contributed by atoms with van der Waals surface area (Å²) in [6.45, 7) is 16.2. The molecule has 0 radical (unpaired) electrons. The zero-order valence-corrected chi connectivity index (χ0v) is 47.0. The van der Waals surface area contributed by atoms with Crippen LogP contribution < -0.4 is 21.0 Å². The van der Waals surface area contributed by atoms with E-state index >= 15 is 9.59 Å². The summed E-state index contributed by atoms with van der Waals surface area (Å²) in [5.41, 5.74) is 9.64. The van der Waals surface area contributed by atoms with Gasteiger partial charge in [-0.2, -0.15) is 0 Å². The van der Waals surface area contributed by atoms with Gasteiger partial charge < -0.3 is 38.3 Å². The maximum atomic E-state index is 15.2. The average molecular weight is 1080 g/mol. The second-order valence-electron chi connectivity index (χ2n) is 25.4. The molecule has 19 nitrogen and oxygen atoms in total. The van der Waals surface area contributed by atoms with Gasteiger partial charge in [-0.05, 0) is 113 Å². The van der Waals surface area contributed by atoms with Crippen molar-refractivity contribution in [2.75, 3.05) is 84.1 Å². The molecule has 13 rings (SSSR count). The van der Waals surface area contributed by atoms with Crippen LogP contribution in [0.1, 0.15) is 115 Å². The first-order valence-electron chi connectivity index (χ1n) is 29.9. The molecule has 3 aromatic heterocycles. The number of morpholine rings is 1. The minimum Gasteiger partial charge on any atom is -0.464 e. The van der Waals surface area contributed by atoms with Gasteiger partial charge in [0, 0.05) is 105 Å². The predicted octanol–water partition coefficient (Wildman–Crippen LogP) is 5.24. The third kappa shape index (κ3) is 10.5. The summed E-state index contributed by atoms with van der Waals surface area (Å²) in [5, 5.41) is 9.22. The fourth-order valence-corrected chi connectivity index (χ4v) is 14.3. The van der Waals surface area contributed by atoms with Crippen molar-refractivity contribution in [3.63, 3.8) is 0 Å². The molecule has 3 aliphatic carbocycles. The van der Waals surface area contributed by atoms with Gasteiger partial charge in [0.05, 0.1) is 67.4 Å². The minimum atomic E-state index is -1.03. The van der Waals surface area contributed by atoms with Crippen LogP contribution in [0.5, 0.6) is 0 Å². The van der Waals surface area contributed by atoms with Gasteiger partial charge in [0.25, 0.3) is 5.91 Å². The lowest BCUT2D eigenvalue weighted by molar-refractivity contribution is -0.197. The van der Waals surface area contributed by atoms with Crippen LogP contribution >= 0.6 is 0 Å². The molecule has 3 amide bonds. The van der Waals surface area contributed by atoms with Crippen molar-refractivity contribution >= 4 is 40.3 Å². The molecular weight excluding hydrogens is 1000 g/mol. The lowest BCUT2D eigenvalue weighted by atomic mass is 9.84. The van der Waals surface area contributed by atoms with Gasteiger partial charge in [0.1, 0.15) is 30.0 Å². The van der Waals surface area contributed by atoms with E-state index in [2.05, 4.69) is 81.2 Å². The number of aryl methyl sites for hydroxylation is 1. The average Bonchev–Trinajstić information content (AvgIpc) is 4.60. The number of nitrogens with zero attached hydrogens (tertiary/aromatic N) is 8. The summed E-state index contributed by atoms with van der Waals surface area (Å²) in [7, 11) is 1.73. The molecule has 9 heterocycles. The number of benzene rings is 1. The molecule has 6 atom stereocenters. The van der Waals surface area contributed by atoms with Crippen molar-refractivity contribution in [1.29, 1.82) is 0 Å². The number of pyridine rings is 1. The van der Waals surface area contributed by atoms with Crippen LogP contribution in [0, 0.1) is 17.3 Å². The first-order valence-corrected chi connectivity index (χ1v) is 29.9. The van der Waals surface area contributed by atoms with Crippen LogP contribution in [0.3, 0.4) is 0 Å². The molecule has 5 saturated heterocycles. The number of methoxy groups -OCH3 is 1. The molecule has 9 aliphatic rings. The number of hydrogen-bond donors (Lipinski definition) is 3. The van der Waals surface area contributed by atoms with E-state index in [0.717, 1.165) is 103 Å². The summed E-state index contributed by atoms with van der Waals surface area (Å²) in [4.78, 5) is 77.5. The van der Waals surface area contributed by atoms with Gasteiger partial charge in [-0.25, -0.2) is 10.4 Å². The summed E-state index contributed by atoms with van der Waals surface area (Å²) in [6, 6.07) is 7.33. The highest BCUT2D eigenvalue weighted by atomic mass is 16.5. The van der Waals surface area contributed by atoms with Crippen molar-refractivity contribution in [2.24, 2.45) is 17.3 Å². The first kappa shape index (κ1) is 52.9. The van der Waals surface area contributed by atoms with Crippen molar-refractivity contribution < 1.29 is 37.8 Å². The molecule has 6 aliphatic heterocycles. The van der Waals surface area contributed by atoms with Crippen molar-refractivity contribution in [2.45, 2.75) is 159 Å². The Morgan fingerprint density at radius 1 is 0.949 bits per heavy atom. The number of likely N-dealkylation sites (tertiary alicyclic amines) is 1. The second kappa shape index (κ2) is 21.1. The van der Waals surface area contributed by atoms with E-state index in [4.69, 9.17) is 28.6 Å². The number of hydrogen-bond acceptors (Lipinski definition) is 15. The number of amides is 3. The quantitative estimate of drug-likeness (QED) is 0.123. The molecule has 3 saturated carbocycles. The lowest BCUT2D eigenvalue weighted by Crippen LogP contribution is -2.73. The Kier molecular flexibility index (Phi) is 14.2. The molecule has 19 heteroatoms. The first-order chi connectivity index (χ1) is 38.3. The zero-order chi connectivity index (χ0) is 54.3. The van der Waals surface area contributed by atoms with Gasteiger partial charge >= 0.3 is 5.97 Å². The second-order valence-corrected chi connectivity index (χ2v) is 25.4. The number of carbonyl (C=O) groups is 4. The maximum absolute atomic E-state index is 15.2. The monoisotopic (exact) mass is 1080 g/mol. The SMILES string of the molecule is CCn1c(-c2cc(N3CCN(C4CC4)CC3)cnc2[C@H](C)OC)c2c3cc(ccc31)-c1nc(co1)C[C@H](NC(=O)C(C1CCCC1)N1CCOC3(CN(C(=O)[C@@H]4NC4C4CC4)C3)C1)C(=O)N1CCC[C@H](N1)C(=O)OCC(C)(C)C2. The van der Waals surface area contributed by atoms with Crippen molar-refractivity contribution in [3.8, 4) is 22.7 Å². The van der Waals surface area contributed by atoms with Gasteiger partial charge in [-0.3, -0.25) is 44.3 Å². The van der Waals surface area contributed by atoms with E-state index in [1.54, 1.807) is 13.4 Å². The Bertz CT molecular complexity index is 2960. The highest BCUT2D eigenvalue weighted by Crippen LogP contribution is 2.45. The smallest absolute Gasteiger partial charge is 0.324 e. The Balaban J connectivity index is 0.824. The van der Waals surface area contributed by atoms with Gasteiger partial charge in [-0.1, -0.05) is 26.7 Å². The van der Waals surface area contributed by atoms with Crippen LogP contribution in [0.25, 0.3) is 33.6 Å². The highest BCUT2D eigenvalue weighted by Gasteiger charge is 2.57. The van der Waals surface area contributed by atoms with E-state index in [1.165, 1.54) is 30.7 Å². The molecule has 1 spiro atoms. The molecule has 2 unspecified atom stereocenters. The minimum absolute atomic E-state index is 0.0669. The molecule has 4 aromatic rings. The van der Waals surface area contributed by atoms with E-state index < -0.39 is 35.1 Å². The largest absolute Gasteiger partial charge is 0.464 e. The number of fused-ring (bicyclic) bond motifs is 6. The van der Waals surface area contributed by atoms with Gasteiger partial charge in [-0.15, -0.1) is 0 Å². The van der Waals surface area contributed by atoms with E-state index in [1.807, 2.05) is 17.2 Å². The summed E-state index contributed by atoms with van der Waals surface area (Å²) in [5.74, 6) is 0.308. The number of anilines is 1. The van der Waals surface area contributed by atoms with E-state index in [-0.39, 0.29) is 48.8 Å². The van der Waals surface area contributed by atoms with Crippen molar-refractivity contribution in [3.05, 3.63) is 53.7 Å². The van der Waals surface area contributed by atoms with Crippen LogP contribution in [0.2, 0.25) is 0 Å². The third-order valence-corrected chi connectivity index (χ3v) is 19.0. The molecule has 3 N–H and O–H groups in total. The molecular formula is C60H81N11O8. The van der Waals surface area contributed by atoms with Crippen LogP contribution in [0.15, 0.2) is 41.1 Å². The van der Waals surface area contributed by atoms with E-state index in [9.17, 15) is 9.59 Å². The maximum Gasteiger partial charge on any atom is 0.324 e. The Hall–Kier alpha value is -5.44. The predicted molar refractivity (Wildman–Crippen MR) is 297 cm³/mol. The standard InChI is InChI=1S/C60H81N11O8/c1-6-70-48-18-15-39-26-43(48)45(53(70)44-28-42(30-61-49(44)36(2)76-5)67-22-20-66(21-23-67)41-16-17-41)29-59(3,4)35-78-58(75)46-12-9-19-71(65-46)56(73)47(27-40-31-77-55(39)62-40)63-54(72)52(38-10-7-8-11-38)68-24-25-79-60(32-68)33-69(34-60)57(74)51-50(64-51)37-13-14-37/h15,18,26,28,30-31,36-38,41,46-47,50-52,64-65H,6-14,16-17,19-25,27,29,32-35H2,1-5H3,(H,63,72)/t36-,46-,47-,50?,51+,52?/m0/s1. The van der Waals surface area contributed by atoms with Crippen molar-refractivity contribution in [1.82, 2.24) is 50.3 Å². The van der Waals surface area contributed by atoms with E-state index in [0.29, 0.717) is 88.7 Å². The number of piperazine rings is 1. The number of rotatable bonds is 12. The third-order valence-electron chi connectivity index (χ3n) is 19.0. The number of esters is 1. The number of hydrazine groups is 1. The van der Waals surface area contributed by atoms with Crippen LogP contribution in [0.4, 0.5) is 5.69 Å². The summed E-state index contributed by atoms with van der Waals surface area (Å²) < 4.78 is 27.5. The molecule has 8 fully saturated rings. The number of carbonyl (C=O) groups excluding carboxylic acids is 4. The zero-order valence-electron chi connectivity index (χ0n) is 47.0. The summed E-state index contributed by atoms with van der Waals surface area (Å²) in [6.07, 6.45) is 13.9. The molecule has 424 valence electrons.